The van der Waals surface area contributed by atoms with Gasteiger partial charge in [0.05, 0.1) is 6.61 Å². The molecule has 0 amide bonds. The molecule has 0 spiro atoms. The van der Waals surface area contributed by atoms with E-state index >= 15 is 0 Å². The Balaban J connectivity index is 2.43. The van der Waals surface area contributed by atoms with Gasteiger partial charge in [0.15, 0.2) is 0 Å². The number of nitrogens with one attached hydrogen (secondary N) is 1. The lowest BCUT2D eigenvalue weighted by Gasteiger charge is -2.17. The highest BCUT2D eigenvalue weighted by Crippen LogP contribution is 2.20. The highest BCUT2D eigenvalue weighted by molar-refractivity contribution is 5.28. The Hall–Kier alpha value is -1.14. The maximum atomic E-state index is 9.79. The summed E-state index contributed by atoms with van der Waals surface area (Å²) in [6.07, 6.45) is -0.600. The molecule has 0 aliphatic rings. The van der Waals surface area contributed by atoms with Gasteiger partial charge < -0.3 is 24.6 Å². The zero-order valence-electron chi connectivity index (χ0n) is 13.3. The molecule has 21 heavy (non-hydrogen) atoms. The highest BCUT2D eigenvalue weighted by Gasteiger charge is 2.10. The van der Waals surface area contributed by atoms with Gasteiger partial charge in [-0.15, -0.1) is 0 Å². The van der Waals surface area contributed by atoms with Crippen molar-refractivity contribution in [2.45, 2.75) is 32.1 Å². The molecule has 120 valence electrons. The van der Waals surface area contributed by atoms with Gasteiger partial charge in [-0.3, -0.25) is 0 Å². The number of benzene rings is 1. The van der Waals surface area contributed by atoms with Gasteiger partial charge in [0.25, 0.3) is 0 Å². The largest absolute Gasteiger partial charge is 0.491 e. The minimum atomic E-state index is -0.521. The van der Waals surface area contributed by atoms with E-state index in [0.717, 1.165) is 11.3 Å². The SMILES string of the molecule is COCC(OC)c1ccc(OCC(O)CNC(C)C)cc1. The van der Waals surface area contributed by atoms with Crippen LogP contribution in [0.15, 0.2) is 24.3 Å². The molecular weight excluding hydrogens is 270 g/mol. The normalized spacial score (nSPS) is 14.2. The third kappa shape index (κ3) is 6.91. The fourth-order valence-corrected chi connectivity index (χ4v) is 1.85. The molecule has 0 radical (unpaired) electrons. The lowest BCUT2D eigenvalue weighted by Crippen LogP contribution is -2.35. The zero-order chi connectivity index (χ0) is 15.7. The Bertz CT molecular complexity index is 380. The molecular formula is C16H27NO4. The lowest BCUT2D eigenvalue weighted by atomic mass is 10.1. The van der Waals surface area contributed by atoms with E-state index in [9.17, 15) is 5.11 Å². The second-order valence-electron chi connectivity index (χ2n) is 5.28. The Morgan fingerprint density at radius 1 is 1.10 bits per heavy atom. The van der Waals surface area contributed by atoms with Gasteiger partial charge in [-0.05, 0) is 17.7 Å². The maximum absolute atomic E-state index is 9.79. The summed E-state index contributed by atoms with van der Waals surface area (Å²) < 4.78 is 16.0. The fourth-order valence-electron chi connectivity index (χ4n) is 1.85. The van der Waals surface area contributed by atoms with Crippen LogP contribution < -0.4 is 10.1 Å². The fraction of sp³-hybridized carbons (Fsp3) is 0.625. The number of ether oxygens (including phenoxy) is 3. The molecule has 1 aromatic rings. The number of aliphatic hydroxyl groups excluding tert-OH is 1. The molecule has 0 heterocycles. The first-order valence-electron chi connectivity index (χ1n) is 7.22. The van der Waals surface area contributed by atoms with Crippen LogP contribution in [0, 0.1) is 0 Å². The molecule has 1 aromatic carbocycles. The van der Waals surface area contributed by atoms with E-state index in [1.54, 1.807) is 14.2 Å². The van der Waals surface area contributed by atoms with Gasteiger partial charge in [0.2, 0.25) is 0 Å². The maximum Gasteiger partial charge on any atom is 0.119 e. The molecule has 1 rings (SSSR count). The first kappa shape index (κ1) is 17.9. The number of hydrogen-bond donors (Lipinski definition) is 2. The van der Waals surface area contributed by atoms with Gasteiger partial charge in [0, 0.05) is 26.8 Å². The molecule has 0 aliphatic heterocycles. The number of rotatable bonds is 10. The summed E-state index contributed by atoms with van der Waals surface area (Å²) in [7, 11) is 3.31. The van der Waals surface area contributed by atoms with Crippen molar-refractivity contribution in [3.63, 3.8) is 0 Å². The molecule has 5 nitrogen and oxygen atoms in total. The van der Waals surface area contributed by atoms with Crippen molar-refractivity contribution < 1.29 is 19.3 Å². The summed E-state index contributed by atoms with van der Waals surface area (Å²) in [5.74, 6) is 0.731. The van der Waals surface area contributed by atoms with Crippen molar-refractivity contribution in [1.29, 1.82) is 0 Å². The smallest absolute Gasteiger partial charge is 0.119 e. The molecule has 2 unspecified atom stereocenters. The monoisotopic (exact) mass is 297 g/mol. The standard InChI is InChI=1S/C16H27NO4/c1-12(2)17-9-14(18)10-21-15-7-5-13(6-8-15)16(20-4)11-19-3/h5-8,12,14,16-18H,9-11H2,1-4H3. The van der Waals surface area contributed by atoms with Gasteiger partial charge >= 0.3 is 0 Å². The van der Waals surface area contributed by atoms with E-state index in [1.165, 1.54) is 0 Å². The average molecular weight is 297 g/mol. The molecule has 0 aromatic heterocycles. The molecule has 0 fully saturated rings. The minimum absolute atomic E-state index is 0.0788. The van der Waals surface area contributed by atoms with Gasteiger partial charge in [-0.1, -0.05) is 26.0 Å². The Kier molecular flexibility index (Phi) is 8.30. The summed E-state index contributed by atoms with van der Waals surface area (Å²) in [6.45, 7) is 5.38. The van der Waals surface area contributed by atoms with Crippen LogP contribution in [0.5, 0.6) is 5.75 Å². The van der Waals surface area contributed by atoms with E-state index in [4.69, 9.17) is 14.2 Å². The van der Waals surface area contributed by atoms with Gasteiger partial charge in [0.1, 0.15) is 24.6 Å². The number of methoxy groups -OCH3 is 2. The summed E-state index contributed by atoms with van der Waals surface area (Å²) in [6, 6.07) is 7.99. The Labute approximate surface area is 127 Å². The van der Waals surface area contributed by atoms with Crippen LogP contribution in [0.1, 0.15) is 25.5 Å². The second kappa shape index (κ2) is 9.73. The molecule has 0 aliphatic carbocycles. The van der Waals surface area contributed by atoms with Crippen molar-refractivity contribution >= 4 is 0 Å². The minimum Gasteiger partial charge on any atom is -0.491 e. The summed E-state index contributed by atoms with van der Waals surface area (Å²) in [5.41, 5.74) is 1.04. The van der Waals surface area contributed by atoms with E-state index in [-0.39, 0.29) is 12.7 Å². The third-order valence-electron chi connectivity index (χ3n) is 3.06. The Morgan fingerprint density at radius 2 is 1.76 bits per heavy atom. The van der Waals surface area contributed by atoms with Crippen LogP contribution in [0.4, 0.5) is 0 Å². The number of aliphatic hydroxyl groups is 1. The summed E-state index contributed by atoms with van der Waals surface area (Å²) in [4.78, 5) is 0. The predicted octanol–water partition coefficient (Wildman–Crippen LogP) is 1.76. The van der Waals surface area contributed by atoms with E-state index in [2.05, 4.69) is 5.32 Å². The van der Waals surface area contributed by atoms with Crippen molar-refractivity contribution in [3.8, 4) is 5.75 Å². The molecule has 2 atom stereocenters. The van der Waals surface area contributed by atoms with Crippen molar-refractivity contribution in [1.82, 2.24) is 5.32 Å². The number of hydrogen-bond acceptors (Lipinski definition) is 5. The average Bonchev–Trinajstić information content (AvgIpc) is 2.49. The first-order chi connectivity index (χ1) is 10.1. The molecule has 5 heteroatoms. The van der Waals surface area contributed by atoms with Crippen LogP contribution >= 0.6 is 0 Å². The van der Waals surface area contributed by atoms with E-state index in [0.29, 0.717) is 19.2 Å². The predicted molar refractivity (Wildman–Crippen MR) is 82.7 cm³/mol. The summed E-state index contributed by atoms with van der Waals surface area (Å²) in [5, 5.41) is 13.0. The quantitative estimate of drug-likeness (QED) is 0.689. The molecule has 0 saturated heterocycles. The van der Waals surface area contributed by atoms with E-state index in [1.807, 2.05) is 38.1 Å². The van der Waals surface area contributed by atoms with Gasteiger partial charge in [-0.25, -0.2) is 0 Å². The second-order valence-corrected chi connectivity index (χ2v) is 5.28. The van der Waals surface area contributed by atoms with Crippen molar-refractivity contribution in [2.24, 2.45) is 0 Å². The Morgan fingerprint density at radius 3 is 2.29 bits per heavy atom. The van der Waals surface area contributed by atoms with Crippen molar-refractivity contribution in [2.75, 3.05) is 34.0 Å². The molecule has 0 saturated carbocycles. The highest BCUT2D eigenvalue weighted by atomic mass is 16.5. The first-order valence-corrected chi connectivity index (χ1v) is 7.22. The van der Waals surface area contributed by atoms with Gasteiger partial charge in [-0.2, -0.15) is 0 Å². The zero-order valence-corrected chi connectivity index (χ0v) is 13.3. The molecule has 0 bridgehead atoms. The molecule has 2 N–H and O–H groups in total. The summed E-state index contributed by atoms with van der Waals surface area (Å²) >= 11 is 0. The van der Waals surface area contributed by atoms with Crippen LogP contribution in [0.2, 0.25) is 0 Å². The van der Waals surface area contributed by atoms with Crippen molar-refractivity contribution in [3.05, 3.63) is 29.8 Å². The third-order valence-corrected chi connectivity index (χ3v) is 3.06. The van der Waals surface area contributed by atoms with Crippen LogP contribution in [-0.2, 0) is 9.47 Å². The van der Waals surface area contributed by atoms with Crippen LogP contribution in [0.3, 0.4) is 0 Å². The lowest BCUT2D eigenvalue weighted by molar-refractivity contribution is 0.0274. The topological polar surface area (TPSA) is 60.0 Å². The van der Waals surface area contributed by atoms with Crippen LogP contribution in [-0.4, -0.2) is 51.2 Å². The van der Waals surface area contributed by atoms with Crippen LogP contribution in [0.25, 0.3) is 0 Å². The van der Waals surface area contributed by atoms with E-state index < -0.39 is 6.10 Å².